The lowest BCUT2D eigenvalue weighted by molar-refractivity contribution is 0.602. The molecule has 96 valence electrons. The average Bonchev–Trinajstić information content (AvgIpc) is 2.42. The average molecular weight is 240 g/mol. The van der Waals surface area contributed by atoms with E-state index in [1.54, 1.807) is 0 Å². The van der Waals surface area contributed by atoms with Gasteiger partial charge in [-0.3, -0.25) is 0 Å². The topological polar surface area (TPSA) is 0 Å². The van der Waals surface area contributed by atoms with Gasteiger partial charge in [0.05, 0.1) is 0 Å². The largest absolute Gasteiger partial charge is 0.103 e. The van der Waals surface area contributed by atoms with Crippen LogP contribution in [0.2, 0.25) is 0 Å². The van der Waals surface area contributed by atoms with Gasteiger partial charge in [-0.25, -0.2) is 0 Å². The highest BCUT2D eigenvalue weighted by Gasteiger charge is 1.89. The molecule has 0 aliphatic heterocycles. The molecule has 0 aliphatic carbocycles. The molecule has 0 saturated heterocycles. The highest BCUT2D eigenvalue weighted by molar-refractivity contribution is 5.33. The SMILES string of the molecule is C=CCCCCCCCCC#Cc1ccccc1. The van der Waals surface area contributed by atoms with E-state index in [0.717, 1.165) is 12.0 Å². The minimum absolute atomic E-state index is 1.03. The van der Waals surface area contributed by atoms with E-state index in [9.17, 15) is 0 Å². The standard InChI is InChI=1S/C18H24/c1-2-3-4-5-6-7-8-9-10-12-15-18-16-13-11-14-17-18/h2,11,13-14,16-17H,1,3-10H2. The maximum absolute atomic E-state index is 3.74. The quantitative estimate of drug-likeness (QED) is 0.326. The van der Waals surface area contributed by atoms with Gasteiger partial charge in [0.2, 0.25) is 0 Å². The fourth-order valence-corrected chi connectivity index (χ4v) is 1.90. The van der Waals surface area contributed by atoms with Crippen molar-refractivity contribution in [3.8, 4) is 11.8 Å². The van der Waals surface area contributed by atoms with Gasteiger partial charge >= 0.3 is 0 Å². The second kappa shape index (κ2) is 10.7. The Hall–Kier alpha value is -1.48. The molecule has 0 heterocycles. The molecule has 18 heavy (non-hydrogen) atoms. The van der Waals surface area contributed by atoms with Crippen LogP contribution in [-0.4, -0.2) is 0 Å². The van der Waals surface area contributed by atoms with Crippen molar-refractivity contribution in [1.82, 2.24) is 0 Å². The van der Waals surface area contributed by atoms with Crippen LogP contribution in [0.5, 0.6) is 0 Å². The first-order chi connectivity index (χ1) is 8.93. The van der Waals surface area contributed by atoms with Crippen LogP contribution in [-0.2, 0) is 0 Å². The molecule has 0 saturated carbocycles. The zero-order chi connectivity index (χ0) is 12.9. The molecular weight excluding hydrogens is 216 g/mol. The first-order valence-corrected chi connectivity index (χ1v) is 7.08. The van der Waals surface area contributed by atoms with Crippen molar-refractivity contribution in [2.75, 3.05) is 0 Å². The van der Waals surface area contributed by atoms with Gasteiger partial charge in [0.15, 0.2) is 0 Å². The van der Waals surface area contributed by atoms with Gasteiger partial charge in [-0.15, -0.1) is 6.58 Å². The van der Waals surface area contributed by atoms with Crippen molar-refractivity contribution in [2.24, 2.45) is 0 Å². The third-order valence-electron chi connectivity index (χ3n) is 2.97. The molecule has 0 nitrogen and oxygen atoms in total. The molecule has 0 aromatic heterocycles. The van der Waals surface area contributed by atoms with Crippen LogP contribution < -0.4 is 0 Å². The highest BCUT2D eigenvalue weighted by Crippen LogP contribution is 2.08. The van der Waals surface area contributed by atoms with Gasteiger partial charge in [0.1, 0.15) is 0 Å². The Kier molecular flexibility index (Phi) is 8.63. The molecule has 0 fully saturated rings. The van der Waals surface area contributed by atoms with Crippen LogP contribution >= 0.6 is 0 Å². The van der Waals surface area contributed by atoms with E-state index in [2.05, 4.69) is 30.6 Å². The number of unbranched alkanes of at least 4 members (excludes halogenated alkanes) is 7. The zero-order valence-electron chi connectivity index (χ0n) is 11.3. The predicted octanol–water partition coefficient (Wildman–Crippen LogP) is 5.34. The third kappa shape index (κ3) is 7.74. The summed E-state index contributed by atoms with van der Waals surface area (Å²) in [4.78, 5) is 0. The second-order valence-corrected chi connectivity index (χ2v) is 4.62. The predicted molar refractivity (Wildman–Crippen MR) is 80.5 cm³/mol. The molecule has 0 heteroatoms. The van der Waals surface area contributed by atoms with E-state index in [1.165, 1.54) is 44.9 Å². The normalized spacial score (nSPS) is 9.56. The zero-order valence-corrected chi connectivity index (χ0v) is 11.3. The van der Waals surface area contributed by atoms with Crippen LogP contribution in [0, 0.1) is 11.8 Å². The van der Waals surface area contributed by atoms with Crippen LogP contribution in [0.3, 0.4) is 0 Å². The van der Waals surface area contributed by atoms with Crippen molar-refractivity contribution < 1.29 is 0 Å². The van der Waals surface area contributed by atoms with E-state index in [-0.39, 0.29) is 0 Å². The Labute approximate surface area is 112 Å². The summed E-state index contributed by atoms with van der Waals surface area (Å²) in [5.41, 5.74) is 1.13. The maximum atomic E-state index is 3.74. The van der Waals surface area contributed by atoms with Gasteiger partial charge in [0.25, 0.3) is 0 Å². The van der Waals surface area contributed by atoms with Crippen molar-refractivity contribution in [1.29, 1.82) is 0 Å². The molecule has 0 bridgehead atoms. The van der Waals surface area contributed by atoms with Crippen LogP contribution in [0.1, 0.15) is 56.9 Å². The van der Waals surface area contributed by atoms with Gasteiger partial charge in [-0.05, 0) is 31.4 Å². The highest BCUT2D eigenvalue weighted by atomic mass is 14.0. The Balaban J connectivity index is 1.96. The van der Waals surface area contributed by atoms with Crippen LogP contribution in [0.4, 0.5) is 0 Å². The van der Waals surface area contributed by atoms with Gasteiger partial charge in [-0.2, -0.15) is 0 Å². The molecule has 1 aromatic rings. The lowest BCUT2D eigenvalue weighted by Crippen LogP contribution is -1.79. The summed E-state index contributed by atoms with van der Waals surface area (Å²) in [7, 11) is 0. The third-order valence-corrected chi connectivity index (χ3v) is 2.97. The van der Waals surface area contributed by atoms with Crippen molar-refractivity contribution in [3.63, 3.8) is 0 Å². The lowest BCUT2D eigenvalue weighted by atomic mass is 10.1. The first kappa shape index (κ1) is 14.6. The molecule has 1 rings (SSSR count). The molecule has 0 radical (unpaired) electrons. The van der Waals surface area contributed by atoms with E-state index >= 15 is 0 Å². The molecule has 0 atom stereocenters. The first-order valence-electron chi connectivity index (χ1n) is 7.08. The van der Waals surface area contributed by atoms with E-state index in [0.29, 0.717) is 0 Å². The summed E-state index contributed by atoms with van der Waals surface area (Å²) in [6.07, 6.45) is 12.1. The molecule has 0 spiro atoms. The second-order valence-electron chi connectivity index (χ2n) is 4.62. The minimum Gasteiger partial charge on any atom is -0.103 e. The van der Waals surface area contributed by atoms with Gasteiger partial charge < -0.3 is 0 Å². The summed E-state index contributed by atoms with van der Waals surface area (Å²) in [6, 6.07) is 10.2. The Morgan fingerprint density at radius 3 is 2.28 bits per heavy atom. The number of rotatable bonds is 8. The monoisotopic (exact) mass is 240 g/mol. The van der Waals surface area contributed by atoms with Crippen molar-refractivity contribution >= 4 is 0 Å². The fraction of sp³-hybridized carbons (Fsp3) is 0.444. The van der Waals surface area contributed by atoms with E-state index < -0.39 is 0 Å². The molecule has 0 unspecified atom stereocenters. The Morgan fingerprint density at radius 2 is 1.56 bits per heavy atom. The minimum atomic E-state index is 1.03. The molecule has 0 N–H and O–H groups in total. The Bertz CT molecular complexity index is 364. The van der Waals surface area contributed by atoms with Gasteiger partial charge in [-0.1, -0.05) is 61.8 Å². The summed E-state index contributed by atoms with van der Waals surface area (Å²) in [6.45, 7) is 3.74. The summed E-state index contributed by atoms with van der Waals surface area (Å²) in [5.74, 6) is 6.45. The fourth-order valence-electron chi connectivity index (χ4n) is 1.90. The number of hydrogen-bond acceptors (Lipinski definition) is 0. The summed E-state index contributed by atoms with van der Waals surface area (Å²) >= 11 is 0. The smallest absolute Gasteiger partial charge is 0.0245 e. The maximum Gasteiger partial charge on any atom is 0.0245 e. The lowest BCUT2D eigenvalue weighted by Gasteiger charge is -1.98. The molecule has 0 amide bonds. The number of allylic oxidation sites excluding steroid dienone is 1. The summed E-state index contributed by atoms with van der Waals surface area (Å²) < 4.78 is 0. The molecule has 0 aliphatic rings. The van der Waals surface area contributed by atoms with Crippen molar-refractivity contribution in [3.05, 3.63) is 48.6 Å². The Morgan fingerprint density at radius 1 is 0.889 bits per heavy atom. The molecular formula is C18H24. The summed E-state index contributed by atoms with van der Waals surface area (Å²) in [5, 5.41) is 0. The van der Waals surface area contributed by atoms with Crippen LogP contribution in [0.15, 0.2) is 43.0 Å². The van der Waals surface area contributed by atoms with E-state index in [1.807, 2.05) is 24.3 Å². The van der Waals surface area contributed by atoms with Crippen LogP contribution in [0.25, 0.3) is 0 Å². The van der Waals surface area contributed by atoms with E-state index in [4.69, 9.17) is 0 Å². The number of benzene rings is 1. The number of hydrogen-bond donors (Lipinski definition) is 0. The molecule has 1 aromatic carbocycles. The van der Waals surface area contributed by atoms with Crippen molar-refractivity contribution in [2.45, 2.75) is 51.4 Å². The van der Waals surface area contributed by atoms with Gasteiger partial charge in [0, 0.05) is 12.0 Å².